The Kier molecular flexibility index (Phi) is 10.5. The molecule has 5 rings (SSSR count). The molecule has 0 aromatic rings. The van der Waals surface area contributed by atoms with E-state index in [9.17, 15) is 14.4 Å². The average Bonchev–Trinajstić information content (AvgIpc) is 2.98. The maximum absolute atomic E-state index is 12.5. The Morgan fingerprint density at radius 2 is 1.53 bits per heavy atom. The van der Waals surface area contributed by atoms with E-state index in [4.69, 9.17) is 4.74 Å². The van der Waals surface area contributed by atoms with Crippen molar-refractivity contribution in [3.8, 4) is 0 Å². The molecule has 0 aromatic heterocycles. The van der Waals surface area contributed by atoms with Gasteiger partial charge < -0.3 is 9.47 Å². The summed E-state index contributed by atoms with van der Waals surface area (Å²) in [7, 11) is 0.628. The predicted molar refractivity (Wildman–Crippen MR) is 138 cm³/mol. The Labute approximate surface area is 222 Å². The van der Waals surface area contributed by atoms with Gasteiger partial charge in [0.1, 0.15) is 5.60 Å². The van der Waals surface area contributed by atoms with E-state index in [2.05, 4.69) is 58.5 Å². The van der Waals surface area contributed by atoms with Gasteiger partial charge in [-0.1, -0.05) is 13.8 Å². The summed E-state index contributed by atoms with van der Waals surface area (Å²) >= 11 is 4.74. The molecule has 1 atom stereocenters. The molecule has 1 aliphatic heterocycles. The van der Waals surface area contributed by atoms with Crippen LogP contribution in [0.3, 0.4) is 0 Å². The van der Waals surface area contributed by atoms with Crippen molar-refractivity contribution < 1.29 is 33.3 Å². The second-order valence-corrected chi connectivity index (χ2v) is 22.8. The van der Waals surface area contributed by atoms with Crippen LogP contribution in [0.25, 0.3) is 0 Å². The number of halogens is 2. The van der Waals surface area contributed by atoms with Gasteiger partial charge in [0.15, 0.2) is 0 Å². The van der Waals surface area contributed by atoms with Gasteiger partial charge in [0.2, 0.25) is 0 Å². The molecule has 4 aliphatic carbocycles. The molecule has 0 spiro atoms. The first-order chi connectivity index (χ1) is 14.8. The zero-order valence-corrected chi connectivity index (χ0v) is 25.9. The van der Waals surface area contributed by atoms with Crippen LogP contribution in [0, 0.1) is 34.5 Å². The molecule has 0 radical (unpaired) electrons. The number of rotatable bonds is 4. The minimum atomic E-state index is -0.545. The van der Waals surface area contributed by atoms with Crippen LogP contribution in [0.5, 0.6) is 0 Å². The number of esters is 3. The van der Waals surface area contributed by atoms with Crippen LogP contribution in [0.2, 0.25) is 0 Å². The van der Waals surface area contributed by atoms with Gasteiger partial charge in [-0.25, -0.2) is 0 Å². The van der Waals surface area contributed by atoms with E-state index < -0.39 is 11.4 Å². The third-order valence-electron chi connectivity index (χ3n) is 8.52. The first-order valence-corrected chi connectivity index (χ1v) is 20.8. The Morgan fingerprint density at radius 3 is 1.84 bits per heavy atom. The Hall–Kier alpha value is 0.654. The first-order valence-electron chi connectivity index (χ1n) is 11.8. The molecule has 4 bridgehead atoms. The fourth-order valence-electron chi connectivity index (χ4n) is 5.69. The van der Waals surface area contributed by atoms with Crippen molar-refractivity contribution in [2.24, 2.45) is 34.5 Å². The summed E-state index contributed by atoms with van der Waals surface area (Å²) in [5.41, 5.74) is -1.05. The van der Waals surface area contributed by atoms with E-state index in [1.54, 1.807) is 6.92 Å². The Balaban J connectivity index is 0.000000235. The fourth-order valence-corrected chi connectivity index (χ4v) is 5.69. The Morgan fingerprint density at radius 1 is 1.06 bits per heavy atom. The number of hydrogen-bond acceptors (Lipinski definition) is 5. The van der Waals surface area contributed by atoms with Crippen LogP contribution in [0.4, 0.5) is 0 Å². The SMILES string of the molecule is CCC(C)(C)C(=O)OC1(C)C2CC3CC(C2)CC1C3.CCC1(C)CC(=O)OC1=O.[I][V][I]. The van der Waals surface area contributed by atoms with Gasteiger partial charge in [0.05, 0.1) is 17.3 Å². The van der Waals surface area contributed by atoms with E-state index in [0.29, 0.717) is 27.7 Å². The average molecular weight is 711 g/mol. The second kappa shape index (κ2) is 11.6. The number of cyclic esters (lactones) is 2. The topological polar surface area (TPSA) is 69.7 Å². The van der Waals surface area contributed by atoms with Crippen LogP contribution in [0.1, 0.15) is 92.9 Å². The summed E-state index contributed by atoms with van der Waals surface area (Å²) in [5.74, 6) is 2.35. The molecule has 5 aliphatic rings. The molecule has 1 saturated heterocycles. The van der Waals surface area contributed by atoms with Crippen LogP contribution >= 0.6 is 40.0 Å². The van der Waals surface area contributed by atoms with Gasteiger partial charge >= 0.3 is 67.3 Å². The minimum absolute atomic E-state index is 0.0185. The van der Waals surface area contributed by atoms with Gasteiger partial charge in [-0.2, -0.15) is 0 Å². The predicted octanol–water partition coefficient (Wildman–Crippen LogP) is 6.83. The Bertz CT molecular complexity index is 683. The van der Waals surface area contributed by atoms with Crippen molar-refractivity contribution in [2.45, 2.75) is 98.5 Å². The molecular formula is C24H38I2O5V. The normalized spacial score (nSPS) is 37.0. The van der Waals surface area contributed by atoms with Crippen LogP contribution < -0.4 is 0 Å². The van der Waals surface area contributed by atoms with Crippen molar-refractivity contribution >= 4 is 57.9 Å². The van der Waals surface area contributed by atoms with Gasteiger partial charge in [-0.3, -0.25) is 14.4 Å². The van der Waals surface area contributed by atoms with Crippen molar-refractivity contribution in [3.05, 3.63) is 0 Å². The summed E-state index contributed by atoms with van der Waals surface area (Å²) in [6.07, 6.45) is 8.37. The van der Waals surface area contributed by atoms with E-state index in [1.807, 2.05) is 20.8 Å². The van der Waals surface area contributed by atoms with Crippen molar-refractivity contribution in [1.29, 1.82) is 0 Å². The first kappa shape index (κ1) is 28.9. The van der Waals surface area contributed by atoms with Crippen LogP contribution in [-0.4, -0.2) is 23.5 Å². The van der Waals surface area contributed by atoms with Crippen molar-refractivity contribution in [3.63, 3.8) is 0 Å². The van der Waals surface area contributed by atoms with Gasteiger partial charge in [-0.15, -0.1) is 0 Å². The van der Waals surface area contributed by atoms with E-state index >= 15 is 0 Å². The van der Waals surface area contributed by atoms with Crippen molar-refractivity contribution in [2.75, 3.05) is 0 Å². The fraction of sp³-hybridized carbons (Fsp3) is 0.875. The summed E-state index contributed by atoms with van der Waals surface area (Å²) in [6, 6.07) is 0. The third kappa shape index (κ3) is 6.45. The van der Waals surface area contributed by atoms with Gasteiger partial charge in [0, 0.05) is 0 Å². The molecule has 0 N–H and O–H groups in total. The summed E-state index contributed by atoms with van der Waals surface area (Å²) < 4.78 is 10.5. The van der Waals surface area contributed by atoms with Crippen LogP contribution in [-0.2, 0) is 33.3 Å². The van der Waals surface area contributed by atoms with E-state index in [-0.39, 0.29) is 29.4 Å². The molecule has 32 heavy (non-hydrogen) atoms. The number of ether oxygens (including phenoxy) is 2. The molecule has 0 aromatic carbocycles. The molecule has 8 heteroatoms. The molecule has 5 fully saturated rings. The number of carbonyl (C=O) groups excluding carboxylic acids is 3. The van der Waals surface area contributed by atoms with Gasteiger partial charge in [0.25, 0.3) is 0 Å². The molecule has 5 nitrogen and oxygen atoms in total. The number of hydrogen-bond donors (Lipinski definition) is 0. The molecule has 1 heterocycles. The standard InChI is InChI=1S/C17H28O2.C7H10O3.2HI.V/c1-5-16(2,3)15(18)19-17(4)13-7-11-6-12(9-13)10-14(17)8-11;1-3-7(2)4-5(8)10-6(7)9;;;/h11-14H,5-10H2,1-4H3;3-4H2,1-2H3;2*1H;/q;;;;+2/p-2. The number of carbonyl (C=O) groups is 3. The molecule has 1 unspecified atom stereocenters. The third-order valence-corrected chi connectivity index (χ3v) is 8.52. The quantitative estimate of drug-likeness (QED) is 0.182. The molecular weight excluding hydrogens is 673 g/mol. The van der Waals surface area contributed by atoms with E-state index in [1.165, 1.54) is 32.1 Å². The maximum atomic E-state index is 12.5. The second-order valence-electron chi connectivity index (χ2n) is 11.0. The summed E-state index contributed by atoms with van der Waals surface area (Å²) in [4.78, 5) is 34.0. The zero-order valence-electron chi connectivity index (χ0n) is 20.2. The van der Waals surface area contributed by atoms with Gasteiger partial charge in [-0.05, 0) is 96.3 Å². The molecule has 183 valence electrons. The zero-order chi connectivity index (χ0) is 24.3. The monoisotopic (exact) mass is 711 g/mol. The van der Waals surface area contributed by atoms with Crippen molar-refractivity contribution in [1.82, 2.24) is 0 Å². The summed E-state index contributed by atoms with van der Waals surface area (Å²) in [5, 5.41) is 0. The molecule has 0 amide bonds. The summed E-state index contributed by atoms with van der Waals surface area (Å²) in [6.45, 7) is 11.9. The van der Waals surface area contributed by atoms with Crippen LogP contribution in [0.15, 0.2) is 0 Å². The van der Waals surface area contributed by atoms with E-state index in [0.717, 1.165) is 18.3 Å². The molecule has 4 saturated carbocycles.